The van der Waals surface area contributed by atoms with Crippen LogP contribution < -0.4 is 10.6 Å². The molecule has 0 bridgehead atoms. The van der Waals surface area contributed by atoms with Crippen molar-refractivity contribution in [3.8, 4) is 0 Å². The second-order valence-electron chi connectivity index (χ2n) is 5.23. The predicted molar refractivity (Wildman–Crippen MR) is 90.1 cm³/mol. The average Bonchev–Trinajstić information content (AvgIpc) is 2.54. The van der Waals surface area contributed by atoms with E-state index in [1.165, 1.54) is 13.2 Å². The summed E-state index contributed by atoms with van der Waals surface area (Å²) in [5.41, 5.74) is 0.389. The molecule has 1 saturated heterocycles. The molecule has 0 saturated carbocycles. The quantitative estimate of drug-likeness (QED) is 0.759. The fourth-order valence-corrected chi connectivity index (χ4v) is 2.72. The molecule has 2 N–H and O–H groups in total. The molecule has 0 aromatic heterocycles. The SMILES string of the molecule is COC(=O)C[C@@H]1C(=O)NCCN1CC(=O)Nc1cc(Cl)ccc1Cl. The molecule has 130 valence electrons. The third-order valence-corrected chi connectivity index (χ3v) is 4.14. The summed E-state index contributed by atoms with van der Waals surface area (Å²) in [6.07, 6.45) is -0.118. The van der Waals surface area contributed by atoms with Crippen LogP contribution in [-0.2, 0) is 19.1 Å². The summed E-state index contributed by atoms with van der Waals surface area (Å²) in [5, 5.41) is 6.13. The minimum absolute atomic E-state index is 0.0576. The topological polar surface area (TPSA) is 87.7 Å². The fourth-order valence-electron chi connectivity index (χ4n) is 2.38. The van der Waals surface area contributed by atoms with Gasteiger partial charge in [0.15, 0.2) is 0 Å². The van der Waals surface area contributed by atoms with E-state index in [2.05, 4.69) is 15.4 Å². The Morgan fingerprint density at radius 3 is 2.88 bits per heavy atom. The van der Waals surface area contributed by atoms with Crippen LogP contribution in [0.1, 0.15) is 6.42 Å². The van der Waals surface area contributed by atoms with Gasteiger partial charge in [-0.15, -0.1) is 0 Å². The van der Waals surface area contributed by atoms with Crippen LogP contribution in [0, 0.1) is 0 Å². The number of nitrogens with zero attached hydrogens (tertiary/aromatic N) is 1. The van der Waals surface area contributed by atoms with Crippen molar-refractivity contribution in [3.63, 3.8) is 0 Å². The Morgan fingerprint density at radius 2 is 2.17 bits per heavy atom. The van der Waals surface area contributed by atoms with Crippen molar-refractivity contribution >= 4 is 46.7 Å². The molecule has 1 heterocycles. The van der Waals surface area contributed by atoms with Gasteiger partial charge in [0.2, 0.25) is 11.8 Å². The van der Waals surface area contributed by atoms with E-state index in [0.29, 0.717) is 28.8 Å². The van der Waals surface area contributed by atoms with Crippen molar-refractivity contribution in [1.29, 1.82) is 0 Å². The van der Waals surface area contributed by atoms with Crippen molar-refractivity contribution in [2.75, 3.05) is 32.1 Å². The molecule has 0 spiro atoms. The minimum atomic E-state index is -0.744. The van der Waals surface area contributed by atoms with Gasteiger partial charge in [0, 0.05) is 18.1 Å². The molecule has 1 aliphatic heterocycles. The third kappa shape index (κ3) is 4.83. The molecule has 1 fully saturated rings. The number of amides is 2. The van der Waals surface area contributed by atoms with Crippen molar-refractivity contribution in [3.05, 3.63) is 28.2 Å². The molecule has 1 atom stereocenters. The van der Waals surface area contributed by atoms with E-state index in [9.17, 15) is 14.4 Å². The Morgan fingerprint density at radius 1 is 1.42 bits per heavy atom. The normalized spacial score (nSPS) is 18.0. The van der Waals surface area contributed by atoms with Gasteiger partial charge in [0.05, 0.1) is 30.8 Å². The lowest BCUT2D eigenvalue weighted by Gasteiger charge is -2.33. The predicted octanol–water partition coefficient (Wildman–Crippen LogP) is 1.30. The molecular weight excluding hydrogens is 357 g/mol. The number of halogens is 2. The van der Waals surface area contributed by atoms with Gasteiger partial charge in [0.25, 0.3) is 0 Å². The first-order chi connectivity index (χ1) is 11.4. The number of benzene rings is 1. The lowest BCUT2D eigenvalue weighted by Crippen LogP contribution is -2.57. The summed E-state index contributed by atoms with van der Waals surface area (Å²) < 4.78 is 4.60. The highest BCUT2D eigenvalue weighted by molar-refractivity contribution is 6.35. The van der Waals surface area contributed by atoms with Gasteiger partial charge >= 0.3 is 5.97 Å². The van der Waals surface area contributed by atoms with Gasteiger partial charge in [-0.2, -0.15) is 0 Å². The van der Waals surface area contributed by atoms with Crippen molar-refractivity contribution < 1.29 is 19.1 Å². The molecule has 2 rings (SSSR count). The molecular formula is C15H17Cl2N3O4. The number of carbonyl (C=O) groups is 3. The Balaban J connectivity index is 2.03. The van der Waals surface area contributed by atoms with E-state index in [0.717, 1.165) is 0 Å². The standard InChI is InChI=1S/C15H17Cl2N3O4/c1-24-14(22)7-12-15(23)18-4-5-20(12)8-13(21)19-11-6-9(16)2-3-10(11)17/h2-3,6,12H,4-5,7-8H2,1H3,(H,18,23)(H,19,21)/t12-/m1/s1. The van der Waals surface area contributed by atoms with Crippen molar-refractivity contribution in [1.82, 2.24) is 10.2 Å². The number of nitrogens with one attached hydrogen (secondary N) is 2. The number of anilines is 1. The molecule has 2 amide bonds. The summed E-state index contributed by atoms with van der Waals surface area (Å²) >= 11 is 11.9. The van der Waals surface area contributed by atoms with Gasteiger partial charge in [0.1, 0.15) is 6.04 Å². The van der Waals surface area contributed by atoms with Crippen molar-refractivity contribution in [2.45, 2.75) is 12.5 Å². The first kappa shape index (κ1) is 18.5. The van der Waals surface area contributed by atoms with E-state index >= 15 is 0 Å². The fraction of sp³-hybridized carbons (Fsp3) is 0.400. The van der Waals surface area contributed by atoms with Gasteiger partial charge in [-0.1, -0.05) is 23.2 Å². The van der Waals surface area contributed by atoms with Gasteiger partial charge in [-0.25, -0.2) is 0 Å². The monoisotopic (exact) mass is 373 g/mol. The number of hydrogen-bond donors (Lipinski definition) is 2. The molecule has 0 radical (unpaired) electrons. The van der Waals surface area contributed by atoms with Crippen molar-refractivity contribution in [2.24, 2.45) is 0 Å². The van der Waals surface area contributed by atoms with E-state index in [1.807, 2.05) is 0 Å². The second kappa shape index (κ2) is 8.32. The number of methoxy groups -OCH3 is 1. The zero-order chi connectivity index (χ0) is 17.7. The number of ether oxygens (including phenoxy) is 1. The summed E-state index contributed by atoms with van der Waals surface area (Å²) in [6, 6.07) is 3.98. The zero-order valence-corrected chi connectivity index (χ0v) is 14.5. The van der Waals surface area contributed by atoms with Crippen LogP contribution in [0.2, 0.25) is 10.0 Å². The number of esters is 1. The van der Waals surface area contributed by atoms with Gasteiger partial charge in [-0.3, -0.25) is 19.3 Å². The number of carbonyl (C=O) groups excluding carboxylic acids is 3. The van der Waals surface area contributed by atoms with Crippen LogP contribution in [0.3, 0.4) is 0 Å². The highest BCUT2D eigenvalue weighted by Gasteiger charge is 2.33. The van der Waals surface area contributed by atoms with Crippen LogP contribution in [-0.4, -0.2) is 55.5 Å². The molecule has 1 aromatic carbocycles. The largest absolute Gasteiger partial charge is 0.469 e. The highest BCUT2D eigenvalue weighted by Crippen LogP contribution is 2.25. The Hall–Kier alpha value is -1.83. The second-order valence-corrected chi connectivity index (χ2v) is 6.07. The zero-order valence-electron chi connectivity index (χ0n) is 13.0. The van der Waals surface area contributed by atoms with E-state index in [-0.39, 0.29) is 24.8 Å². The maximum atomic E-state index is 12.2. The molecule has 0 aliphatic carbocycles. The van der Waals surface area contributed by atoms with Crippen LogP contribution in [0.5, 0.6) is 0 Å². The summed E-state index contributed by atoms with van der Waals surface area (Å²) in [6.45, 7) is 0.795. The maximum Gasteiger partial charge on any atom is 0.307 e. The van der Waals surface area contributed by atoms with E-state index in [1.54, 1.807) is 17.0 Å². The van der Waals surface area contributed by atoms with E-state index < -0.39 is 12.0 Å². The van der Waals surface area contributed by atoms with Crippen LogP contribution in [0.4, 0.5) is 5.69 Å². The summed E-state index contributed by atoms with van der Waals surface area (Å²) in [4.78, 5) is 37.3. The maximum absolute atomic E-state index is 12.2. The minimum Gasteiger partial charge on any atom is -0.469 e. The average molecular weight is 374 g/mol. The first-order valence-electron chi connectivity index (χ1n) is 7.24. The lowest BCUT2D eigenvalue weighted by atomic mass is 10.1. The highest BCUT2D eigenvalue weighted by atomic mass is 35.5. The molecule has 7 nitrogen and oxygen atoms in total. The molecule has 0 unspecified atom stereocenters. The summed E-state index contributed by atoms with van der Waals surface area (Å²) in [7, 11) is 1.25. The molecule has 24 heavy (non-hydrogen) atoms. The van der Waals surface area contributed by atoms with Crippen LogP contribution in [0.25, 0.3) is 0 Å². The Kier molecular flexibility index (Phi) is 6.42. The van der Waals surface area contributed by atoms with Crippen LogP contribution >= 0.6 is 23.2 Å². The van der Waals surface area contributed by atoms with E-state index in [4.69, 9.17) is 23.2 Å². The lowest BCUT2D eigenvalue weighted by molar-refractivity contribution is -0.146. The Labute approximate surface area is 149 Å². The number of rotatable bonds is 5. The molecule has 1 aromatic rings. The molecule has 1 aliphatic rings. The molecule has 9 heteroatoms. The van der Waals surface area contributed by atoms with Crippen LogP contribution in [0.15, 0.2) is 18.2 Å². The first-order valence-corrected chi connectivity index (χ1v) is 7.99. The number of hydrogen-bond acceptors (Lipinski definition) is 5. The van der Waals surface area contributed by atoms with Gasteiger partial charge in [-0.05, 0) is 18.2 Å². The summed E-state index contributed by atoms with van der Waals surface area (Å²) in [5.74, 6) is -1.18. The van der Waals surface area contributed by atoms with Gasteiger partial charge < -0.3 is 15.4 Å². The third-order valence-electron chi connectivity index (χ3n) is 3.58. The smallest absolute Gasteiger partial charge is 0.307 e. The Bertz CT molecular complexity index is 654. The number of piperazine rings is 1.